The lowest BCUT2D eigenvalue weighted by Crippen LogP contribution is -2.35. The smallest absolute Gasteiger partial charge is 0.0107 e. The van der Waals surface area contributed by atoms with Crippen LogP contribution in [0.2, 0.25) is 0 Å². The minimum atomic E-state index is 0.806. The molecule has 4 N–H and O–H groups in total. The first-order chi connectivity index (χ1) is 23.8. The number of allylic oxidation sites excluding steroid dienone is 4. The third-order valence-electron chi connectivity index (χ3n) is 9.84. The summed E-state index contributed by atoms with van der Waals surface area (Å²) >= 11 is 0. The van der Waals surface area contributed by atoms with Crippen LogP contribution in [0, 0.1) is 0 Å². The second kappa shape index (κ2) is 44.3. The molecule has 0 aliphatic rings. The van der Waals surface area contributed by atoms with Crippen molar-refractivity contribution in [2.24, 2.45) is 5.73 Å². The predicted octanol–water partition coefficient (Wildman–Crippen LogP) is 12.3. The molecule has 0 aromatic rings. The molecule has 0 atom stereocenters. The van der Waals surface area contributed by atoms with E-state index in [-0.39, 0.29) is 0 Å². The summed E-state index contributed by atoms with van der Waals surface area (Å²) in [6.45, 7) is 13.5. The Bertz CT molecular complexity index is 619. The molecule has 4 nitrogen and oxygen atoms in total. The summed E-state index contributed by atoms with van der Waals surface area (Å²) in [5, 5.41) is 7.34. The zero-order chi connectivity index (χ0) is 34.7. The van der Waals surface area contributed by atoms with Gasteiger partial charge in [0.1, 0.15) is 0 Å². The third-order valence-corrected chi connectivity index (χ3v) is 9.84. The molecule has 0 aromatic heterocycles. The average molecular weight is 675 g/mol. The Kier molecular flexibility index (Phi) is 43.7. The van der Waals surface area contributed by atoms with Crippen LogP contribution in [0.25, 0.3) is 0 Å². The van der Waals surface area contributed by atoms with E-state index in [0.717, 1.165) is 45.7 Å². The fourth-order valence-electron chi connectivity index (χ4n) is 6.56. The van der Waals surface area contributed by atoms with Gasteiger partial charge in [-0.15, -0.1) is 0 Å². The molecular formula is C44H90N4. The van der Waals surface area contributed by atoms with E-state index in [1.54, 1.807) is 0 Å². The number of rotatable bonds is 42. The van der Waals surface area contributed by atoms with Gasteiger partial charge in [0.15, 0.2) is 0 Å². The lowest BCUT2D eigenvalue weighted by molar-refractivity contribution is 0.264. The van der Waals surface area contributed by atoms with E-state index < -0.39 is 0 Å². The fourth-order valence-corrected chi connectivity index (χ4v) is 6.56. The third kappa shape index (κ3) is 41.5. The van der Waals surface area contributed by atoms with Crippen LogP contribution in [0.4, 0.5) is 0 Å². The van der Waals surface area contributed by atoms with Gasteiger partial charge in [-0.1, -0.05) is 154 Å². The Morgan fingerprint density at radius 3 is 1.17 bits per heavy atom. The Labute approximate surface area is 303 Å². The molecule has 0 saturated carbocycles. The first-order valence-corrected chi connectivity index (χ1v) is 22.0. The van der Waals surface area contributed by atoms with Gasteiger partial charge in [0.25, 0.3) is 0 Å². The van der Waals surface area contributed by atoms with Crippen LogP contribution < -0.4 is 16.4 Å². The van der Waals surface area contributed by atoms with Gasteiger partial charge in [0, 0.05) is 13.1 Å². The zero-order valence-electron chi connectivity index (χ0n) is 33.2. The molecule has 0 spiro atoms. The zero-order valence-corrected chi connectivity index (χ0v) is 33.2. The van der Waals surface area contributed by atoms with Crippen LogP contribution >= 0.6 is 0 Å². The maximum absolute atomic E-state index is 5.83. The Morgan fingerprint density at radius 1 is 0.354 bits per heavy atom. The average Bonchev–Trinajstić information content (AvgIpc) is 3.10. The van der Waals surface area contributed by atoms with Crippen LogP contribution in [0.5, 0.6) is 0 Å². The lowest BCUT2D eigenvalue weighted by Gasteiger charge is -2.22. The van der Waals surface area contributed by atoms with Crippen molar-refractivity contribution in [3.63, 3.8) is 0 Å². The van der Waals surface area contributed by atoms with E-state index in [9.17, 15) is 0 Å². The quantitative estimate of drug-likeness (QED) is 0.0445. The molecule has 0 bridgehead atoms. The highest BCUT2D eigenvalue weighted by Crippen LogP contribution is 2.12. The number of unbranched alkanes of at least 4 members (excludes halogenated alkanes) is 24. The van der Waals surface area contributed by atoms with Crippen LogP contribution in [0.1, 0.15) is 206 Å². The van der Waals surface area contributed by atoms with E-state index in [1.807, 2.05) is 0 Å². The topological polar surface area (TPSA) is 53.3 Å². The molecule has 0 aromatic carbocycles. The van der Waals surface area contributed by atoms with Crippen molar-refractivity contribution >= 4 is 0 Å². The number of hydrogen-bond acceptors (Lipinski definition) is 4. The minimum Gasteiger partial charge on any atom is -0.330 e. The molecule has 286 valence electrons. The first-order valence-electron chi connectivity index (χ1n) is 22.0. The molecule has 0 saturated heterocycles. The van der Waals surface area contributed by atoms with E-state index in [0.29, 0.717) is 0 Å². The Morgan fingerprint density at radius 2 is 0.708 bits per heavy atom. The predicted molar refractivity (Wildman–Crippen MR) is 219 cm³/mol. The number of nitrogens with zero attached hydrogens (tertiary/aromatic N) is 1. The highest BCUT2D eigenvalue weighted by atomic mass is 15.1. The van der Waals surface area contributed by atoms with E-state index >= 15 is 0 Å². The molecule has 0 radical (unpaired) electrons. The summed E-state index contributed by atoms with van der Waals surface area (Å²) in [4.78, 5) is 2.64. The van der Waals surface area contributed by atoms with Crippen LogP contribution in [-0.4, -0.2) is 57.3 Å². The number of nitrogens with one attached hydrogen (secondary N) is 2. The molecular weight excluding hydrogens is 585 g/mol. The van der Waals surface area contributed by atoms with E-state index in [1.165, 1.54) is 199 Å². The fraction of sp³-hybridized carbons (Fsp3) is 0.909. The van der Waals surface area contributed by atoms with Crippen molar-refractivity contribution in [2.45, 2.75) is 206 Å². The first kappa shape index (κ1) is 47.3. The second-order valence-corrected chi connectivity index (χ2v) is 14.7. The Hall–Kier alpha value is -0.680. The molecule has 0 aliphatic carbocycles. The van der Waals surface area contributed by atoms with Gasteiger partial charge in [0.2, 0.25) is 0 Å². The largest absolute Gasteiger partial charge is 0.330 e. The van der Waals surface area contributed by atoms with Crippen LogP contribution in [-0.2, 0) is 0 Å². The van der Waals surface area contributed by atoms with Crippen molar-refractivity contribution in [1.29, 1.82) is 0 Å². The van der Waals surface area contributed by atoms with Crippen LogP contribution in [0.3, 0.4) is 0 Å². The summed E-state index contributed by atoms with van der Waals surface area (Å²) < 4.78 is 0. The van der Waals surface area contributed by atoms with Crippen molar-refractivity contribution in [1.82, 2.24) is 15.5 Å². The lowest BCUT2D eigenvalue weighted by atomic mass is 10.1. The van der Waals surface area contributed by atoms with Crippen molar-refractivity contribution in [3.05, 3.63) is 24.3 Å². The summed E-state index contributed by atoms with van der Waals surface area (Å²) in [5.74, 6) is 0. The van der Waals surface area contributed by atoms with Gasteiger partial charge in [-0.25, -0.2) is 0 Å². The molecule has 48 heavy (non-hydrogen) atoms. The maximum atomic E-state index is 5.83. The minimum absolute atomic E-state index is 0.806. The van der Waals surface area contributed by atoms with Gasteiger partial charge in [-0.05, 0) is 116 Å². The number of nitrogens with two attached hydrogens (primary N) is 1. The van der Waals surface area contributed by atoms with Crippen molar-refractivity contribution in [2.75, 3.05) is 52.4 Å². The SMILES string of the molecule is CCCCCCCCC=CCCCCCCCCNCCCNCCN(CCCN)CCCCCCCCC=CCCCCCCCC. The highest BCUT2D eigenvalue weighted by molar-refractivity contribution is 4.82. The monoisotopic (exact) mass is 675 g/mol. The standard InChI is InChI=1S/C44H90N4/c1-3-5-7-9-11-13-15-17-19-21-23-25-27-29-31-33-38-46-39-36-40-47-41-44-48(43-35-37-45)42-34-32-30-28-26-24-22-20-18-16-14-12-10-8-6-4-2/h17-20,46-47H,3-16,21-45H2,1-2H3. The summed E-state index contributed by atoms with van der Waals surface area (Å²) in [7, 11) is 0. The maximum Gasteiger partial charge on any atom is 0.0107 e. The van der Waals surface area contributed by atoms with Crippen LogP contribution in [0.15, 0.2) is 24.3 Å². The molecule has 0 rings (SSSR count). The Balaban J connectivity index is 3.46. The molecule has 0 aliphatic heterocycles. The summed E-state index contributed by atoms with van der Waals surface area (Å²) in [5.41, 5.74) is 5.83. The van der Waals surface area contributed by atoms with E-state index in [2.05, 4.69) is 53.7 Å². The van der Waals surface area contributed by atoms with E-state index in [4.69, 9.17) is 5.73 Å². The molecule has 0 fully saturated rings. The van der Waals surface area contributed by atoms with Gasteiger partial charge < -0.3 is 21.3 Å². The van der Waals surface area contributed by atoms with Gasteiger partial charge in [-0.3, -0.25) is 0 Å². The van der Waals surface area contributed by atoms with Gasteiger partial charge >= 0.3 is 0 Å². The molecule has 0 amide bonds. The number of hydrogen-bond donors (Lipinski definition) is 3. The highest BCUT2D eigenvalue weighted by Gasteiger charge is 2.04. The molecule has 4 heteroatoms. The second-order valence-electron chi connectivity index (χ2n) is 14.7. The van der Waals surface area contributed by atoms with Gasteiger partial charge in [-0.2, -0.15) is 0 Å². The molecule has 0 unspecified atom stereocenters. The summed E-state index contributed by atoms with van der Waals surface area (Å²) in [6.07, 6.45) is 50.7. The summed E-state index contributed by atoms with van der Waals surface area (Å²) in [6, 6.07) is 0. The molecule has 0 heterocycles. The normalized spacial score (nSPS) is 12.1. The van der Waals surface area contributed by atoms with Crippen molar-refractivity contribution in [3.8, 4) is 0 Å². The van der Waals surface area contributed by atoms with Gasteiger partial charge in [0.05, 0.1) is 0 Å². The van der Waals surface area contributed by atoms with Crippen molar-refractivity contribution < 1.29 is 0 Å².